The zero-order valence-corrected chi connectivity index (χ0v) is 13.5. The zero-order valence-electron chi connectivity index (χ0n) is 13.5. The van der Waals surface area contributed by atoms with Gasteiger partial charge in [0.05, 0.1) is 11.7 Å². The Bertz CT molecular complexity index is 396. The molecule has 1 saturated heterocycles. The van der Waals surface area contributed by atoms with Crippen molar-refractivity contribution in [3.63, 3.8) is 0 Å². The third-order valence-electron chi connectivity index (χ3n) is 6.47. The second-order valence-electron chi connectivity index (χ2n) is 7.55. The number of fused-ring (bicyclic) bond motifs is 2. The van der Waals surface area contributed by atoms with Crippen LogP contribution in [0.15, 0.2) is 0 Å². The number of nitrogens with one attached hydrogen (secondary N) is 1. The molecule has 3 heteroatoms. The van der Waals surface area contributed by atoms with Gasteiger partial charge >= 0.3 is 0 Å². The molecule has 3 aliphatic rings. The second kappa shape index (κ2) is 5.01. The van der Waals surface area contributed by atoms with Crippen LogP contribution in [0.1, 0.15) is 66.2 Å². The Labute approximate surface area is 123 Å². The summed E-state index contributed by atoms with van der Waals surface area (Å²) in [5, 5.41) is 3.59. The van der Waals surface area contributed by atoms with Crippen molar-refractivity contribution >= 4 is 5.91 Å². The Hall–Kier alpha value is -0.570. The molecule has 2 bridgehead atoms. The lowest BCUT2D eigenvalue weighted by Crippen LogP contribution is -2.48. The fourth-order valence-corrected chi connectivity index (χ4v) is 5.04. The molecule has 20 heavy (non-hydrogen) atoms. The van der Waals surface area contributed by atoms with Crippen LogP contribution in [-0.2, 0) is 4.79 Å². The quantitative estimate of drug-likeness (QED) is 0.857. The number of rotatable bonds is 4. The van der Waals surface area contributed by atoms with Gasteiger partial charge in [-0.05, 0) is 63.7 Å². The minimum Gasteiger partial charge on any atom is -0.323 e. The summed E-state index contributed by atoms with van der Waals surface area (Å²) in [5.74, 6) is 2.92. The molecule has 3 rings (SSSR count). The third-order valence-corrected chi connectivity index (χ3v) is 6.47. The van der Waals surface area contributed by atoms with E-state index in [1.165, 1.54) is 25.7 Å². The molecule has 114 valence electrons. The van der Waals surface area contributed by atoms with Crippen LogP contribution >= 0.6 is 0 Å². The van der Waals surface area contributed by atoms with E-state index in [2.05, 4.69) is 37.9 Å². The van der Waals surface area contributed by atoms with Gasteiger partial charge in [0.15, 0.2) is 0 Å². The predicted molar refractivity (Wildman–Crippen MR) is 81.2 cm³/mol. The molecular weight excluding hydrogens is 248 g/mol. The van der Waals surface area contributed by atoms with E-state index < -0.39 is 0 Å². The van der Waals surface area contributed by atoms with Crippen LogP contribution in [-0.4, -0.2) is 28.6 Å². The molecule has 0 spiro atoms. The highest BCUT2D eigenvalue weighted by Gasteiger charge is 2.51. The van der Waals surface area contributed by atoms with Crippen molar-refractivity contribution < 1.29 is 4.79 Å². The summed E-state index contributed by atoms with van der Waals surface area (Å²) in [6.45, 7) is 8.68. The van der Waals surface area contributed by atoms with Crippen molar-refractivity contribution in [2.75, 3.05) is 0 Å². The SMILES string of the molecule is CCC1NC(C)(CC)C(=O)N1C(C)C1CC2CCC1C2. The van der Waals surface area contributed by atoms with Gasteiger partial charge in [0, 0.05) is 6.04 Å². The molecule has 6 atom stereocenters. The molecule has 6 unspecified atom stereocenters. The minimum atomic E-state index is -0.341. The molecule has 0 radical (unpaired) electrons. The van der Waals surface area contributed by atoms with Crippen LogP contribution in [0.5, 0.6) is 0 Å². The normalized spacial score (nSPS) is 45.4. The van der Waals surface area contributed by atoms with E-state index >= 15 is 0 Å². The number of carbonyl (C=O) groups excluding carboxylic acids is 1. The van der Waals surface area contributed by atoms with Crippen LogP contribution in [0.3, 0.4) is 0 Å². The van der Waals surface area contributed by atoms with Gasteiger partial charge in [0.2, 0.25) is 5.91 Å². The van der Waals surface area contributed by atoms with Gasteiger partial charge in [-0.2, -0.15) is 0 Å². The molecule has 0 aromatic carbocycles. The maximum atomic E-state index is 12.9. The van der Waals surface area contributed by atoms with Gasteiger partial charge in [0.25, 0.3) is 0 Å². The first kappa shape index (κ1) is 14.4. The van der Waals surface area contributed by atoms with Crippen LogP contribution < -0.4 is 5.32 Å². The molecule has 1 amide bonds. The molecule has 2 saturated carbocycles. The molecular formula is C17H30N2O. The first-order valence-electron chi connectivity index (χ1n) is 8.60. The summed E-state index contributed by atoms with van der Waals surface area (Å²) < 4.78 is 0. The van der Waals surface area contributed by atoms with Gasteiger partial charge in [0.1, 0.15) is 0 Å². The van der Waals surface area contributed by atoms with Gasteiger partial charge < -0.3 is 4.90 Å². The Morgan fingerprint density at radius 1 is 1.35 bits per heavy atom. The third kappa shape index (κ3) is 2.01. The number of hydrogen-bond acceptors (Lipinski definition) is 2. The van der Waals surface area contributed by atoms with Crippen LogP contribution in [0, 0.1) is 17.8 Å². The summed E-state index contributed by atoms with van der Waals surface area (Å²) in [7, 11) is 0. The lowest BCUT2D eigenvalue weighted by atomic mass is 9.83. The van der Waals surface area contributed by atoms with E-state index in [1.807, 2.05) is 0 Å². The predicted octanol–water partition coefficient (Wildman–Crippen LogP) is 3.15. The molecule has 2 aliphatic carbocycles. The summed E-state index contributed by atoms with van der Waals surface area (Å²) in [4.78, 5) is 15.1. The van der Waals surface area contributed by atoms with Crippen molar-refractivity contribution in [1.29, 1.82) is 0 Å². The van der Waals surface area contributed by atoms with Crippen LogP contribution in [0.25, 0.3) is 0 Å². The molecule has 3 fully saturated rings. The average Bonchev–Trinajstić information content (AvgIpc) is 3.13. The summed E-state index contributed by atoms with van der Waals surface area (Å²) in [6, 6.07) is 0.406. The summed E-state index contributed by atoms with van der Waals surface area (Å²) >= 11 is 0. The topological polar surface area (TPSA) is 32.3 Å². The Morgan fingerprint density at radius 2 is 2.10 bits per heavy atom. The van der Waals surface area contributed by atoms with Crippen molar-refractivity contribution in [3.8, 4) is 0 Å². The monoisotopic (exact) mass is 278 g/mol. The zero-order chi connectivity index (χ0) is 14.5. The lowest BCUT2D eigenvalue weighted by molar-refractivity contribution is -0.136. The van der Waals surface area contributed by atoms with Gasteiger partial charge in [-0.1, -0.05) is 20.3 Å². The highest BCUT2D eigenvalue weighted by Crippen LogP contribution is 2.51. The molecule has 0 aromatic rings. The summed E-state index contributed by atoms with van der Waals surface area (Å²) in [5.41, 5.74) is -0.341. The van der Waals surface area contributed by atoms with E-state index in [0.717, 1.165) is 30.6 Å². The highest BCUT2D eigenvalue weighted by atomic mass is 16.2. The fourth-order valence-electron chi connectivity index (χ4n) is 5.04. The van der Waals surface area contributed by atoms with E-state index in [1.54, 1.807) is 0 Å². The van der Waals surface area contributed by atoms with Crippen LogP contribution in [0.2, 0.25) is 0 Å². The number of carbonyl (C=O) groups is 1. The van der Waals surface area contributed by atoms with E-state index in [4.69, 9.17) is 0 Å². The maximum Gasteiger partial charge on any atom is 0.244 e. The molecule has 1 aliphatic heterocycles. The van der Waals surface area contributed by atoms with Gasteiger partial charge in [-0.15, -0.1) is 0 Å². The molecule has 0 aromatic heterocycles. The molecule has 3 nitrogen and oxygen atoms in total. The average molecular weight is 278 g/mol. The lowest BCUT2D eigenvalue weighted by Gasteiger charge is -2.37. The largest absolute Gasteiger partial charge is 0.323 e. The Kier molecular flexibility index (Phi) is 3.60. The smallest absolute Gasteiger partial charge is 0.244 e. The van der Waals surface area contributed by atoms with E-state index in [9.17, 15) is 4.79 Å². The van der Waals surface area contributed by atoms with Crippen molar-refractivity contribution in [3.05, 3.63) is 0 Å². The number of hydrogen-bond donors (Lipinski definition) is 1. The molecule has 1 heterocycles. The maximum absolute atomic E-state index is 12.9. The first-order valence-corrected chi connectivity index (χ1v) is 8.60. The first-order chi connectivity index (χ1) is 9.50. The van der Waals surface area contributed by atoms with Crippen molar-refractivity contribution in [1.82, 2.24) is 10.2 Å². The van der Waals surface area contributed by atoms with Gasteiger partial charge in [-0.3, -0.25) is 10.1 Å². The standard InChI is InChI=1S/C17H30N2O/c1-5-15-18-17(4,6-2)16(20)19(15)11(3)14-10-12-7-8-13(14)9-12/h11-15,18H,5-10H2,1-4H3. The van der Waals surface area contributed by atoms with Crippen LogP contribution in [0.4, 0.5) is 0 Å². The van der Waals surface area contributed by atoms with Gasteiger partial charge in [-0.25, -0.2) is 0 Å². The summed E-state index contributed by atoms with van der Waals surface area (Å²) in [6.07, 6.45) is 7.73. The number of nitrogens with zero attached hydrogens (tertiary/aromatic N) is 1. The van der Waals surface area contributed by atoms with Crippen molar-refractivity contribution in [2.24, 2.45) is 17.8 Å². The fraction of sp³-hybridized carbons (Fsp3) is 0.941. The van der Waals surface area contributed by atoms with Crippen molar-refractivity contribution in [2.45, 2.75) is 84.0 Å². The number of amides is 1. The Balaban J connectivity index is 1.79. The molecule has 1 N–H and O–H groups in total. The minimum absolute atomic E-state index is 0.238. The van der Waals surface area contributed by atoms with E-state index in [-0.39, 0.29) is 11.7 Å². The second-order valence-corrected chi connectivity index (χ2v) is 7.55. The highest BCUT2D eigenvalue weighted by molar-refractivity contribution is 5.88. The van der Waals surface area contributed by atoms with E-state index in [0.29, 0.717) is 11.9 Å². The Morgan fingerprint density at radius 3 is 2.60 bits per heavy atom.